The van der Waals surface area contributed by atoms with E-state index in [4.69, 9.17) is 0 Å². The molecule has 0 atom stereocenters. The molecule has 0 unspecified atom stereocenters. The molecule has 3 aromatic rings. The van der Waals surface area contributed by atoms with Crippen LogP contribution in [0.25, 0.3) is 10.7 Å². The fourth-order valence-corrected chi connectivity index (χ4v) is 2.43. The van der Waals surface area contributed by atoms with Crippen LogP contribution < -0.4 is 0 Å². The Labute approximate surface area is 121 Å². The van der Waals surface area contributed by atoms with E-state index in [2.05, 4.69) is 15.4 Å². The van der Waals surface area contributed by atoms with Crippen LogP contribution >= 0.6 is 11.3 Å². The predicted molar refractivity (Wildman–Crippen MR) is 71.7 cm³/mol. The quantitative estimate of drug-likeness (QED) is 0.744. The molecule has 0 aliphatic rings. The van der Waals surface area contributed by atoms with Gasteiger partial charge in [-0.25, -0.2) is 0 Å². The van der Waals surface area contributed by atoms with Crippen molar-refractivity contribution in [3.05, 3.63) is 52.9 Å². The summed E-state index contributed by atoms with van der Waals surface area (Å²) in [6.45, 7) is 0.274. The first-order chi connectivity index (χ1) is 10.0. The molecule has 2 aromatic heterocycles. The molecule has 0 spiro atoms. The number of thiophene rings is 1. The van der Waals surface area contributed by atoms with Gasteiger partial charge in [0.15, 0.2) is 0 Å². The molecule has 3 rings (SSSR count). The largest absolute Gasteiger partial charge is 0.416 e. The molecule has 2 heterocycles. The second-order valence-electron chi connectivity index (χ2n) is 4.32. The van der Waals surface area contributed by atoms with E-state index in [0.717, 1.165) is 17.0 Å². The Balaban J connectivity index is 1.75. The Kier molecular flexibility index (Phi) is 3.46. The molecule has 108 valence electrons. The van der Waals surface area contributed by atoms with E-state index in [1.54, 1.807) is 0 Å². The van der Waals surface area contributed by atoms with E-state index in [-0.39, 0.29) is 6.54 Å². The lowest BCUT2D eigenvalue weighted by atomic mass is 10.1. The van der Waals surface area contributed by atoms with Gasteiger partial charge in [0.05, 0.1) is 17.0 Å². The maximum atomic E-state index is 12.5. The number of alkyl halides is 3. The van der Waals surface area contributed by atoms with Gasteiger partial charge in [-0.1, -0.05) is 18.2 Å². The van der Waals surface area contributed by atoms with Crippen molar-refractivity contribution in [3.8, 4) is 10.7 Å². The van der Waals surface area contributed by atoms with Crippen molar-refractivity contribution >= 4 is 11.3 Å². The van der Waals surface area contributed by atoms with Gasteiger partial charge in [0.25, 0.3) is 0 Å². The zero-order valence-corrected chi connectivity index (χ0v) is 11.4. The Morgan fingerprint density at radius 2 is 1.86 bits per heavy atom. The molecule has 8 heteroatoms. The summed E-state index contributed by atoms with van der Waals surface area (Å²) in [4.78, 5) is 2.26. The molecule has 4 nitrogen and oxygen atoms in total. The lowest BCUT2D eigenvalue weighted by molar-refractivity contribution is -0.137. The highest BCUT2D eigenvalue weighted by atomic mass is 32.1. The van der Waals surface area contributed by atoms with Gasteiger partial charge in [-0.2, -0.15) is 18.0 Å². The van der Waals surface area contributed by atoms with Gasteiger partial charge in [0, 0.05) is 0 Å². The summed E-state index contributed by atoms with van der Waals surface area (Å²) in [5.41, 5.74) is 0.00945. The monoisotopic (exact) mass is 310 g/mol. The summed E-state index contributed by atoms with van der Waals surface area (Å²) in [5, 5.41) is 13.9. The molecule has 0 saturated heterocycles. The minimum absolute atomic E-state index is 0.274. The number of rotatable bonds is 3. The standard InChI is InChI=1S/C13H9F3N4S/c14-13(15,16)10-5-3-9(4-6-10)8-20-18-12(17-19-20)11-2-1-7-21-11/h1-7H,8H2. The van der Waals surface area contributed by atoms with Crippen molar-refractivity contribution in [1.29, 1.82) is 0 Å². The second kappa shape index (κ2) is 5.28. The van der Waals surface area contributed by atoms with Crippen LogP contribution in [0, 0.1) is 0 Å². The van der Waals surface area contributed by atoms with Crippen LogP contribution in [0.15, 0.2) is 41.8 Å². The second-order valence-corrected chi connectivity index (χ2v) is 5.26. The van der Waals surface area contributed by atoms with Gasteiger partial charge < -0.3 is 0 Å². The summed E-state index contributed by atoms with van der Waals surface area (Å²) in [7, 11) is 0. The van der Waals surface area contributed by atoms with Crippen LogP contribution in [0.5, 0.6) is 0 Å². The summed E-state index contributed by atoms with van der Waals surface area (Å²) in [6, 6.07) is 8.69. The molecule has 0 bridgehead atoms. The Hall–Kier alpha value is -2.22. The summed E-state index contributed by atoms with van der Waals surface area (Å²) in [6.07, 6.45) is -4.32. The van der Waals surface area contributed by atoms with Gasteiger partial charge in [-0.3, -0.25) is 0 Å². The predicted octanol–water partition coefficient (Wildman–Crippen LogP) is 3.47. The zero-order valence-electron chi connectivity index (χ0n) is 10.6. The maximum Gasteiger partial charge on any atom is 0.416 e. The molecular weight excluding hydrogens is 301 g/mol. The van der Waals surface area contributed by atoms with E-state index in [1.165, 1.54) is 28.3 Å². The Bertz CT molecular complexity index is 717. The average Bonchev–Trinajstić information content (AvgIpc) is 3.08. The molecule has 0 N–H and O–H groups in total. The van der Waals surface area contributed by atoms with E-state index >= 15 is 0 Å². The highest BCUT2D eigenvalue weighted by Crippen LogP contribution is 2.29. The minimum atomic E-state index is -4.32. The molecular formula is C13H9F3N4S. The molecule has 0 saturated carbocycles. The van der Waals surface area contributed by atoms with Gasteiger partial charge in [0.1, 0.15) is 0 Å². The topological polar surface area (TPSA) is 43.6 Å². The van der Waals surface area contributed by atoms with Crippen LogP contribution in [0.1, 0.15) is 11.1 Å². The summed E-state index contributed by atoms with van der Waals surface area (Å²) < 4.78 is 37.4. The first-order valence-corrected chi connectivity index (χ1v) is 6.88. The Morgan fingerprint density at radius 1 is 1.10 bits per heavy atom. The number of tetrazole rings is 1. The van der Waals surface area contributed by atoms with Gasteiger partial charge in [-0.15, -0.1) is 21.5 Å². The van der Waals surface area contributed by atoms with Crippen molar-refractivity contribution in [2.24, 2.45) is 0 Å². The van der Waals surface area contributed by atoms with Gasteiger partial charge >= 0.3 is 6.18 Å². The Morgan fingerprint density at radius 3 is 2.48 bits per heavy atom. The number of aromatic nitrogens is 4. The van der Waals surface area contributed by atoms with Crippen molar-refractivity contribution in [1.82, 2.24) is 20.2 Å². The molecule has 0 aliphatic heterocycles. The van der Waals surface area contributed by atoms with Crippen molar-refractivity contribution in [3.63, 3.8) is 0 Å². The van der Waals surface area contributed by atoms with Crippen molar-refractivity contribution in [2.75, 3.05) is 0 Å². The lowest BCUT2D eigenvalue weighted by Gasteiger charge is -2.07. The van der Waals surface area contributed by atoms with E-state index < -0.39 is 11.7 Å². The lowest BCUT2D eigenvalue weighted by Crippen LogP contribution is -2.07. The third kappa shape index (κ3) is 3.10. The number of nitrogens with zero attached hydrogens (tertiary/aromatic N) is 4. The van der Waals surface area contributed by atoms with E-state index in [9.17, 15) is 13.2 Å². The van der Waals surface area contributed by atoms with Crippen LogP contribution in [-0.4, -0.2) is 20.2 Å². The first-order valence-electron chi connectivity index (χ1n) is 6.00. The number of hydrogen-bond donors (Lipinski definition) is 0. The smallest absolute Gasteiger partial charge is 0.166 e. The minimum Gasteiger partial charge on any atom is -0.166 e. The van der Waals surface area contributed by atoms with E-state index in [1.807, 2.05) is 17.5 Å². The highest BCUT2D eigenvalue weighted by Gasteiger charge is 2.29. The van der Waals surface area contributed by atoms with Gasteiger partial charge in [-0.05, 0) is 34.4 Å². The van der Waals surface area contributed by atoms with Gasteiger partial charge in [0.2, 0.25) is 5.82 Å². The molecule has 0 amide bonds. The zero-order chi connectivity index (χ0) is 14.9. The third-order valence-electron chi connectivity index (χ3n) is 2.80. The van der Waals surface area contributed by atoms with E-state index in [0.29, 0.717) is 11.4 Å². The maximum absolute atomic E-state index is 12.5. The highest BCUT2D eigenvalue weighted by molar-refractivity contribution is 7.13. The van der Waals surface area contributed by atoms with Crippen molar-refractivity contribution < 1.29 is 13.2 Å². The molecule has 0 aliphatic carbocycles. The van der Waals surface area contributed by atoms with Crippen molar-refractivity contribution in [2.45, 2.75) is 12.7 Å². The average molecular weight is 310 g/mol. The number of halogens is 3. The molecule has 0 radical (unpaired) electrons. The van der Waals surface area contributed by atoms with Crippen LogP contribution in [0.2, 0.25) is 0 Å². The normalized spacial score (nSPS) is 11.8. The molecule has 21 heavy (non-hydrogen) atoms. The number of hydrogen-bond acceptors (Lipinski definition) is 4. The molecule has 1 aromatic carbocycles. The van der Waals surface area contributed by atoms with Crippen LogP contribution in [0.4, 0.5) is 13.2 Å². The molecule has 0 fully saturated rings. The van der Waals surface area contributed by atoms with Crippen LogP contribution in [-0.2, 0) is 12.7 Å². The fourth-order valence-electron chi connectivity index (χ4n) is 1.78. The number of benzene rings is 1. The van der Waals surface area contributed by atoms with Crippen LogP contribution in [0.3, 0.4) is 0 Å². The third-order valence-corrected chi connectivity index (χ3v) is 3.67. The summed E-state index contributed by atoms with van der Waals surface area (Å²) >= 11 is 1.50. The first kappa shape index (κ1) is 13.7. The SMILES string of the molecule is FC(F)(F)c1ccc(Cn2nnc(-c3cccs3)n2)cc1. The summed E-state index contributed by atoms with van der Waals surface area (Å²) in [5.74, 6) is 0.511. The fraction of sp³-hybridized carbons (Fsp3) is 0.154.